The summed E-state index contributed by atoms with van der Waals surface area (Å²) in [5.41, 5.74) is 4.80. The van der Waals surface area contributed by atoms with Gasteiger partial charge in [0, 0.05) is 54.9 Å². The number of aryl methyl sites for hydroxylation is 1. The van der Waals surface area contributed by atoms with E-state index >= 15 is 8.78 Å². The Morgan fingerprint density at radius 2 is 2.04 bits per heavy atom. The fourth-order valence-electron chi connectivity index (χ4n) is 9.23. The van der Waals surface area contributed by atoms with Crippen LogP contribution >= 0.6 is 22.9 Å². The summed E-state index contributed by atoms with van der Waals surface area (Å²) in [6.45, 7) is 8.47. The van der Waals surface area contributed by atoms with Crippen LogP contribution in [-0.2, 0) is 4.74 Å². The maximum atomic E-state index is 17.3. The molecule has 13 nitrogen and oxygen atoms in total. The fraction of sp³-hybridized carbons (Fsp3) is 0.487. The largest absolute Gasteiger partial charge is 0.461 e. The second-order valence-electron chi connectivity index (χ2n) is 15.9. The number of amides is 1. The summed E-state index contributed by atoms with van der Waals surface area (Å²) in [7, 11) is 0. The van der Waals surface area contributed by atoms with Gasteiger partial charge in [0.25, 0.3) is 0 Å². The van der Waals surface area contributed by atoms with E-state index in [9.17, 15) is 14.4 Å². The zero-order valence-electron chi connectivity index (χ0n) is 31.6. The van der Waals surface area contributed by atoms with Crippen LogP contribution in [-0.4, -0.2) is 110 Å². The maximum absolute atomic E-state index is 17.3. The number of rotatable bonds is 6. The Morgan fingerprint density at radius 1 is 1.21 bits per heavy atom. The lowest BCUT2D eigenvalue weighted by atomic mass is 9.95. The van der Waals surface area contributed by atoms with Gasteiger partial charge in [-0.1, -0.05) is 31.5 Å². The van der Waals surface area contributed by atoms with E-state index in [4.69, 9.17) is 31.8 Å². The number of nitrogens with zero attached hydrogens (tertiary/aromatic N) is 9. The second-order valence-corrected chi connectivity index (χ2v) is 17.3. The smallest absolute Gasteiger partial charge is 0.347 e. The molecule has 18 heteroatoms. The predicted octanol–water partition coefficient (Wildman–Crippen LogP) is 6.82. The average molecular weight is 821 g/mol. The lowest BCUT2D eigenvalue weighted by Crippen LogP contribution is -2.61. The Kier molecular flexibility index (Phi) is 9.26. The molecule has 0 aliphatic carbocycles. The highest BCUT2D eigenvalue weighted by Gasteiger charge is 2.51. The molecule has 5 aromatic rings. The van der Waals surface area contributed by atoms with Crippen molar-refractivity contribution in [3.05, 3.63) is 52.1 Å². The van der Waals surface area contributed by atoms with Crippen molar-refractivity contribution < 1.29 is 27.4 Å². The molecule has 4 fully saturated rings. The molecule has 2 aromatic carbocycles. The number of benzene rings is 2. The van der Waals surface area contributed by atoms with Crippen LogP contribution in [0.2, 0.25) is 5.02 Å². The zero-order valence-corrected chi connectivity index (χ0v) is 33.2. The van der Waals surface area contributed by atoms with E-state index in [1.165, 1.54) is 16.8 Å². The number of ether oxygens (including phenoxy) is 2. The lowest BCUT2D eigenvalue weighted by molar-refractivity contribution is -0.0355. The number of nitrogen functional groups attached to an aromatic ring is 1. The standard InChI is InChI=1S/C39H40ClF3N10O3S/c1-20(2)34-46-21(3)53(49-34)37(54)52-11-12-55-18-39(52)8-10-50(17-39)35-24-13-26(40)29(23-5-6-27(42)32-28(23)25(15-44)33(45)57-32)30(43)31(24)47-36(48-35)56-19-38-7-4-9-51(38)16-22(41)14-38/h5-6,13,20,22H,4,7-12,14,16-19,45H2,1-3H3/t22-,38+,39?/m1/s1. The summed E-state index contributed by atoms with van der Waals surface area (Å²) >= 11 is 7.86. The molecule has 7 heterocycles. The van der Waals surface area contributed by atoms with Crippen LogP contribution in [0.3, 0.4) is 0 Å². The number of nitriles is 1. The molecule has 3 aromatic heterocycles. The number of carbonyl (C=O) groups is 1. The molecule has 1 unspecified atom stereocenters. The van der Waals surface area contributed by atoms with Crippen molar-refractivity contribution in [3.63, 3.8) is 0 Å². The topological polar surface area (TPSA) is 152 Å². The average Bonchev–Trinajstić information content (AvgIpc) is 4.00. The van der Waals surface area contributed by atoms with Gasteiger partial charge in [0.2, 0.25) is 0 Å². The molecule has 1 amide bonds. The molecule has 4 aliphatic rings. The van der Waals surface area contributed by atoms with Crippen LogP contribution in [0, 0.1) is 29.9 Å². The van der Waals surface area contributed by atoms with Crippen LogP contribution in [0.1, 0.15) is 62.7 Å². The summed E-state index contributed by atoms with van der Waals surface area (Å²) < 4.78 is 60.9. The first-order chi connectivity index (χ1) is 27.3. The highest BCUT2D eigenvalue weighted by atomic mass is 35.5. The molecular weight excluding hydrogens is 781 g/mol. The van der Waals surface area contributed by atoms with E-state index in [-0.39, 0.29) is 85.4 Å². The van der Waals surface area contributed by atoms with Gasteiger partial charge < -0.3 is 25.0 Å². The molecule has 0 bridgehead atoms. The number of carbonyl (C=O) groups excluding carboxylic acids is 1. The number of anilines is 2. The third-order valence-corrected chi connectivity index (χ3v) is 13.3. The molecule has 0 radical (unpaired) electrons. The van der Waals surface area contributed by atoms with E-state index < -0.39 is 28.9 Å². The molecule has 57 heavy (non-hydrogen) atoms. The van der Waals surface area contributed by atoms with Gasteiger partial charge in [-0.05, 0) is 50.4 Å². The van der Waals surface area contributed by atoms with Crippen molar-refractivity contribution in [2.45, 2.75) is 69.6 Å². The van der Waals surface area contributed by atoms with E-state index in [1.807, 2.05) is 24.8 Å². The molecule has 1 spiro atoms. The van der Waals surface area contributed by atoms with Crippen molar-refractivity contribution in [2.24, 2.45) is 0 Å². The quantitative estimate of drug-likeness (QED) is 0.192. The number of halogens is 4. The molecule has 2 N–H and O–H groups in total. The minimum Gasteiger partial charge on any atom is -0.461 e. The van der Waals surface area contributed by atoms with E-state index in [0.717, 1.165) is 30.7 Å². The lowest BCUT2D eigenvalue weighted by Gasteiger charge is -2.44. The third kappa shape index (κ3) is 6.06. The number of alkyl halides is 1. The van der Waals surface area contributed by atoms with Crippen molar-refractivity contribution >= 4 is 60.8 Å². The van der Waals surface area contributed by atoms with Crippen molar-refractivity contribution in [1.82, 2.24) is 34.5 Å². The van der Waals surface area contributed by atoms with Crippen LogP contribution < -0.4 is 15.4 Å². The van der Waals surface area contributed by atoms with Gasteiger partial charge in [-0.2, -0.15) is 19.9 Å². The van der Waals surface area contributed by atoms with Crippen molar-refractivity contribution in [3.8, 4) is 23.2 Å². The number of morpholine rings is 1. The summed E-state index contributed by atoms with van der Waals surface area (Å²) in [6.07, 6.45) is 1.48. The minimum atomic E-state index is -0.983. The first-order valence-corrected chi connectivity index (χ1v) is 20.2. The Hall–Kier alpha value is -4.76. The Bertz CT molecular complexity index is 2510. The molecule has 9 rings (SSSR count). The third-order valence-electron chi connectivity index (χ3n) is 12.0. The van der Waals surface area contributed by atoms with Gasteiger partial charge in [-0.25, -0.2) is 22.9 Å². The minimum absolute atomic E-state index is 0.0187. The first kappa shape index (κ1) is 37.8. The molecule has 4 saturated heterocycles. The predicted molar refractivity (Wildman–Crippen MR) is 210 cm³/mol. The number of hydrogen-bond acceptors (Lipinski definition) is 12. The summed E-state index contributed by atoms with van der Waals surface area (Å²) in [6, 6.07) is 5.74. The highest BCUT2D eigenvalue weighted by Crippen LogP contribution is 2.47. The summed E-state index contributed by atoms with van der Waals surface area (Å²) in [4.78, 5) is 34.0. The van der Waals surface area contributed by atoms with Crippen molar-refractivity contribution in [2.75, 3.05) is 63.2 Å². The molecule has 4 aliphatic heterocycles. The van der Waals surface area contributed by atoms with Crippen LogP contribution in [0.4, 0.5) is 28.8 Å². The van der Waals surface area contributed by atoms with Gasteiger partial charge in [-0.3, -0.25) is 4.90 Å². The van der Waals surface area contributed by atoms with E-state index in [1.54, 1.807) is 17.9 Å². The van der Waals surface area contributed by atoms with Crippen LogP contribution in [0.15, 0.2) is 18.2 Å². The van der Waals surface area contributed by atoms with Crippen LogP contribution in [0.5, 0.6) is 6.01 Å². The first-order valence-electron chi connectivity index (χ1n) is 19.0. The Labute approximate surface area is 335 Å². The normalized spacial score (nSPS) is 23.7. The van der Waals surface area contributed by atoms with Crippen LogP contribution in [0.25, 0.3) is 32.1 Å². The Balaban J connectivity index is 1.15. The number of aromatic nitrogens is 5. The summed E-state index contributed by atoms with van der Waals surface area (Å²) in [5.74, 6) is -0.0173. The zero-order chi connectivity index (χ0) is 40.0. The monoisotopic (exact) mass is 820 g/mol. The van der Waals surface area contributed by atoms with Gasteiger partial charge in [0.05, 0.1) is 39.6 Å². The number of hydrogen-bond donors (Lipinski definition) is 1. The summed E-state index contributed by atoms with van der Waals surface area (Å²) in [5, 5.41) is 15.0. The highest BCUT2D eigenvalue weighted by molar-refractivity contribution is 7.23. The Morgan fingerprint density at radius 3 is 2.81 bits per heavy atom. The van der Waals surface area contributed by atoms with E-state index in [2.05, 4.69) is 20.0 Å². The fourth-order valence-corrected chi connectivity index (χ4v) is 10.5. The van der Waals surface area contributed by atoms with Gasteiger partial charge in [0.1, 0.15) is 46.8 Å². The van der Waals surface area contributed by atoms with E-state index in [0.29, 0.717) is 56.5 Å². The van der Waals surface area contributed by atoms with Crippen molar-refractivity contribution in [1.29, 1.82) is 5.26 Å². The second kappa shape index (κ2) is 14.0. The molecule has 0 saturated carbocycles. The maximum Gasteiger partial charge on any atom is 0.347 e. The van der Waals surface area contributed by atoms with Gasteiger partial charge in [0.15, 0.2) is 11.6 Å². The van der Waals surface area contributed by atoms with Gasteiger partial charge in [-0.15, -0.1) is 16.4 Å². The number of fused-ring (bicyclic) bond motifs is 3. The molecular formula is C39H40ClF3N10O3S. The molecule has 298 valence electrons. The molecule has 3 atom stereocenters. The van der Waals surface area contributed by atoms with Gasteiger partial charge >= 0.3 is 12.0 Å². The number of nitrogens with two attached hydrogens (primary N) is 1. The SMILES string of the molecule is Cc1nc(C(C)C)nn1C(=O)N1CCOCC12CCN(c1nc(OC[C@@]34CCCN3C[C@H](F)C4)nc3c(F)c(-c4ccc(F)c5sc(N)c(C#N)c45)c(Cl)cc13)C2. The number of thiophene rings is 1.